The van der Waals surface area contributed by atoms with Gasteiger partial charge in [-0.2, -0.15) is 0 Å². The summed E-state index contributed by atoms with van der Waals surface area (Å²) in [7, 11) is 0. The van der Waals surface area contributed by atoms with E-state index in [-0.39, 0.29) is 5.91 Å². The van der Waals surface area contributed by atoms with Gasteiger partial charge in [-0.15, -0.1) is 0 Å². The number of nitrogens with zero attached hydrogens (tertiary/aromatic N) is 2. The average molecular weight is 379 g/mol. The number of rotatable bonds is 5. The predicted octanol–water partition coefficient (Wildman–Crippen LogP) is 4.92. The number of hydrogen-bond donors (Lipinski definition) is 2. The third-order valence-corrected chi connectivity index (χ3v) is 6.01. The number of aromatic nitrogens is 1. The lowest BCUT2D eigenvalue weighted by Gasteiger charge is -2.32. The maximum Gasteiger partial charge on any atom is 0.257 e. The van der Waals surface area contributed by atoms with Crippen LogP contribution in [-0.4, -0.2) is 30.0 Å². The Balaban J connectivity index is 1.32. The molecular formula is C23H30N4O. The maximum absolute atomic E-state index is 12.5. The Bertz CT molecular complexity index is 773. The number of anilines is 3. The van der Waals surface area contributed by atoms with E-state index in [9.17, 15) is 4.79 Å². The Hall–Kier alpha value is -2.56. The van der Waals surface area contributed by atoms with E-state index in [1.807, 2.05) is 24.3 Å². The number of carbonyl (C=O) groups excluding carboxylic acids is 1. The van der Waals surface area contributed by atoms with Gasteiger partial charge >= 0.3 is 0 Å². The second kappa shape index (κ2) is 8.63. The molecule has 2 N–H and O–H groups in total. The van der Waals surface area contributed by atoms with E-state index in [0.717, 1.165) is 30.5 Å². The van der Waals surface area contributed by atoms with Crippen molar-refractivity contribution in [2.75, 3.05) is 28.6 Å². The van der Waals surface area contributed by atoms with Gasteiger partial charge in [-0.25, -0.2) is 4.98 Å². The highest BCUT2D eigenvalue weighted by Crippen LogP contribution is 2.25. The van der Waals surface area contributed by atoms with E-state index in [2.05, 4.69) is 39.6 Å². The van der Waals surface area contributed by atoms with E-state index >= 15 is 0 Å². The Morgan fingerprint density at radius 2 is 1.71 bits per heavy atom. The third kappa shape index (κ3) is 4.64. The zero-order chi connectivity index (χ0) is 19.3. The molecule has 0 radical (unpaired) electrons. The van der Waals surface area contributed by atoms with Crippen molar-refractivity contribution in [3.05, 3.63) is 48.2 Å². The van der Waals surface area contributed by atoms with Crippen molar-refractivity contribution < 1.29 is 4.79 Å². The Morgan fingerprint density at radius 1 is 1.00 bits per heavy atom. The van der Waals surface area contributed by atoms with Crippen molar-refractivity contribution in [2.24, 2.45) is 5.92 Å². The van der Waals surface area contributed by atoms with Crippen LogP contribution in [0.25, 0.3) is 0 Å². The SMILES string of the molecule is CC1CCN(c2ccc(NC(=O)c3ccc(NC4CCCC4)nc3)cc2)CC1. The lowest BCUT2D eigenvalue weighted by Crippen LogP contribution is -2.32. The lowest BCUT2D eigenvalue weighted by atomic mass is 9.99. The zero-order valence-corrected chi connectivity index (χ0v) is 16.7. The molecule has 0 atom stereocenters. The van der Waals surface area contributed by atoms with Crippen LogP contribution in [0.5, 0.6) is 0 Å². The van der Waals surface area contributed by atoms with Crippen molar-refractivity contribution >= 4 is 23.1 Å². The summed E-state index contributed by atoms with van der Waals surface area (Å²) in [6.45, 7) is 4.54. The molecule has 1 amide bonds. The smallest absolute Gasteiger partial charge is 0.257 e. The standard InChI is InChI=1S/C23H30N4O/c1-17-12-14-27(15-13-17)21-9-7-20(8-10-21)26-23(28)18-6-11-22(24-16-18)25-19-4-2-3-5-19/h6-11,16-17,19H,2-5,12-15H2,1H3,(H,24,25)(H,26,28). The molecule has 5 heteroatoms. The molecule has 2 aromatic rings. The molecule has 2 heterocycles. The number of piperidine rings is 1. The summed E-state index contributed by atoms with van der Waals surface area (Å²) in [6.07, 6.45) is 9.12. The van der Waals surface area contributed by atoms with E-state index in [4.69, 9.17) is 0 Å². The quantitative estimate of drug-likeness (QED) is 0.775. The molecule has 1 aliphatic heterocycles. The van der Waals surface area contributed by atoms with Gasteiger partial charge in [-0.05, 0) is 68.0 Å². The van der Waals surface area contributed by atoms with Crippen molar-refractivity contribution in [3.8, 4) is 0 Å². The van der Waals surface area contributed by atoms with Crippen LogP contribution in [0.2, 0.25) is 0 Å². The summed E-state index contributed by atoms with van der Waals surface area (Å²) >= 11 is 0. The zero-order valence-electron chi connectivity index (χ0n) is 16.7. The summed E-state index contributed by atoms with van der Waals surface area (Å²) in [5, 5.41) is 6.42. The first kappa shape index (κ1) is 18.8. The summed E-state index contributed by atoms with van der Waals surface area (Å²) < 4.78 is 0. The number of nitrogens with one attached hydrogen (secondary N) is 2. The van der Waals surface area contributed by atoms with Gasteiger partial charge in [0.25, 0.3) is 5.91 Å². The van der Waals surface area contributed by atoms with Crippen LogP contribution < -0.4 is 15.5 Å². The van der Waals surface area contributed by atoms with Gasteiger partial charge in [-0.3, -0.25) is 4.79 Å². The topological polar surface area (TPSA) is 57.3 Å². The van der Waals surface area contributed by atoms with Gasteiger partial charge in [0.1, 0.15) is 5.82 Å². The van der Waals surface area contributed by atoms with Crippen LogP contribution in [-0.2, 0) is 0 Å². The minimum atomic E-state index is -0.125. The normalized spacial score (nSPS) is 18.2. The van der Waals surface area contributed by atoms with Gasteiger partial charge in [0.15, 0.2) is 0 Å². The molecule has 5 nitrogen and oxygen atoms in total. The van der Waals surface area contributed by atoms with Gasteiger partial charge in [0, 0.05) is 36.7 Å². The molecule has 1 aliphatic carbocycles. The number of carbonyl (C=O) groups is 1. The van der Waals surface area contributed by atoms with Gasteiger partial charge in [0.05, 0.1) is 5.56 Å². The fraction of sp³-hybridized carbons (Fsp3) is 0.478. The molecule has 1 saturated heterocycles. The van der Waals surface area contributed by atoms with Gasteiger partial charge < -0.3 is 15.5 Å². The van der Waals surface area contributed by atoms with E-state index in [1.54, 1.807) is 6.20 Å². The first-order chi connectivity index (χ1) is 13.7. The number of benzene rings is 1. The minimum Gasteiger partial charge on any atom is -0.372 e. The van der Waals surface area contributed by atoms with Crippen LogP contribution in [0.15, 0.2) is 42.6 Å². The summed E-state index contributed by atoms with van der Waals surface area (Å²) in [6, 6.07) is 12.4. The van der Waals surface area contributed by atoms with Crippen molar-refractivity contribution in [3.63, 3.8) is 0 Å². The molecule has 0 bridgehead atoms. The lowest BCUT2D eigenvalue weighted by molar-refractivity contribution is 0.102. The van der Waals surface area contributed by atoms with Crippen molar-refractivity contribution in [2.45, 2.75) is 51.5 Å². The molecular weight excluding hydrogens is 348 g/mol. The fourth-order valence-corrected chi connectivity index (χ4v) is 4.12. The summed E-state index contributed by atoms with van der Waals surface area (Å²) in [4.78, 5) is 19.3. The van der Waals surface area contributed by atoms with Gasteiger partial charge in [0.2, 0.25) is 0 Å². The minimum absolute atomic E-state index is 0.125. The second-order valence-electron chi connectivity index (χ2n) is 8.23. The summed E-state index contributed by atoms with van der Waals surface area (Å²) in [5.41, 5.74) is 2.62. The molecule has 1 saturated carbocycles. The highest BCUT2D eigenvalue weighted by molar-refractivity contribution is 6.04. The van der Waals surface area contributed by atoms with Crippen molar-refractivity contribution in [1.29, 1.82) is 0 Å². The highest BCUT2D eigenvalue weighted by Gasteiger charge is 2.17. The van der Waals surface area contributed by atoms with Crippen LogP contribution in [0.4, 0.5) is 17.2 Å². The molecule has 148 valence electrons. The molecule has 28 heavy (non-hydrogen) atoms. The Morgan fingerprint density at radius 3 is 2.36 bits per heavy atom. The molecule has 4 rings (SSSR count). The highest BCUT2D eigenvalue weighted by atomic mass is 16.1. The molecule has 1 aromatic carbocycles. The predicted molar refractivity (Wildman–Crippen MR) is 115 cm³/mol. The number of amides is 1. The fourth-order valence-electron chi connectivity index (χ4n) is 4.12. The van der Waals surface area contributed by atoms with Crippen molar-refractivity contribution in [1.82, 2.24) is 4.98 Å². The first-order valence-corrected chi connectivity index (χ1v) is 10.6. The maximum atomic E-state index is 12.5. The van der Waals surface area contributed by atoms with Crippen LogP contribution >= 0.6 is 0 Å². The van der Waals surface area contributed by atoms with Crippen LogP contribution in [0.1, 0.15) is 55.8 Å². The Labute approximate surface area is 167 Å². The molecule has 0 spiro atoms. The van der Waals surface area contributed by atoms with E-state index < -0.39 is 0 Å². The average Bonchev–Trinajstić information content (AvgIpc) is 3.23. The summed E-state index contributed by atoms with van der Waals surface area (Å²) in [5.74, 6) is 1.55. The molecule has 0 unspecified atom stereocenters. The largest absolute Gasteiger partial charge is 0.372 e. The van der Waals surface area contributed by atoms with Crippen LogP contribution in [0, 0.1) is 5.92 Å². The second-order valence-corrected chi connectivity index (χ2v) is 8.23. The molecule has 2 fully saturated rings. The number of hydrogen-bond acceptors (Lipinski definition) is 4. The monoisotopic (exact) mass is 378 g/mol. The molecule has 1 aromatic heterocycles. The van der Waals surface area contributed by atoms with E-state index in [0.29, 0.717) is 11.6 Å². The molecule has 2 aliphatic rings. The van der Waals surface area contributed by atoms with Gasteiger partial charge in [-0.1, -0.05) is 19.8 Å². The third-order valence-electron chi connectivity index (χ3n) is 6.01. The first-order valence-electron chi connectivity index (χ1n) is 10.6. The Kier molecular flexibility index (Phi) is 5.79. The number of pyridine rings is 1. The van der Waals surface area contributed by atoms with E-state index in [1.165, 1.54) is 44.2 Å². The van der Waals surface area contributed by atoms with Crippen LogP contribution in [0.3, 0.4) is 0 Å².